The van der Waals surface area contributed by atoms with Gasteiger partial charge in [-0.15, -0.1) is 0 Å². The van der Waals surface area contributed by atoms with Crippen LogP contribution >= 0.6 is 0 Å². The fraction of sp³-hybridized carbons (Fsp3) is 0.500. The van der Waals surface area contributed by atoms with E-state index in [9.17, 15) is 5.11 Å². The molecule has 3 atom stereocenters. The molecule has 1 saturated carbocycles. The first-order chi connectivity index (χ1) is 10.3. The Morgan fingerprint density at radius 2 is 2.00 bits per heavy atom. The van der Waals surface area contributed by atoms with Gasteiger partial charge in [0.2, 0.25) is 11.7 Å². The molecular weight excluding hydrogens is 268 g/mol. The van der Waals surface area contributed by atoms with Gasteiger partial charge < -0.3 is 14.4 Å². The number of nitrogens with zero attached hydrogens (tertiary/aromatic N) is 2. The Kier molecular flexibility index (Phi) is 3.15. The van der Waals surface area contributed by atoms with Crippen molar-refractivity contribution >= 4 is 0 Å². The fourth-order valence-corrected chi connectivity index (χ4v) is 3.25. The van der Waals surface area contributed by atoms with E-state index < -0.39 is 0 Å². The van der Waals surface area contributed by atoms with Crippen LogP contribution in [0.3, 0.4) is 0 Å². The van der Waals surface area contributed by atoms with Crippen molar-refractivity contribution in [2.24, 2.45) is 0 Å². The summed E-state index contributed by atoms with van der Waals surface area (Å²) in [7, 11) is 0. The third-order valence-electron chi connectivity index (χ3n) is 4.44. The SMILES string of the molecule is OC1CCCCC1c1nc(C2Cc3ccccc3O2)no1. The summed E-state index contributed by atoms with van der Waals surface area (Å²) >= 11 is 0. The molecule has 21 heavy (non-hydrogen) atoms. The van der Waals surface area contributed by atoms with E-state index in [-0.39, 0.29) is 18.1 Å². The number of hydrogen-bond acceptors (Lipinski definition) is 5. The second kappa shape index (κ2) is 5.15. The molecule has 0 spiro atoms. The molecule has 0 radical (unpaired) electrons. The molecule has 0 amide bonds. The highest BCUT2D eigenvalue weighted by atomic mass is 16.5. The zero-order valence-corrected chi connectivity index (χ0v) is 11.7. The highest BCUT2D eigenvalue weighted by molar-refractivity contribution is 5.37. The van der Waals surface area contributed by atoms with Gasteiger partial charge in [-0.05, 0) is 24.5 Å². The van der Waals surface area contributed by atoms with Crippen molar-refractivity contribution in [1.29, 1.82) is 0 Å². The van der Waals surface area contributed by atoms with Crippen LogP contribution in [0.1, 0.15) is 55.0 Å². The van der Waals surface area contributed by atoms with Crippen molar-refractivity contribution < 1.29 is 14.4 Å². The van der Waals surface area contributed by atoms with Crippen molar-refractivity contribution in [3.63, 3.8) is 0 Å². The van der Waals surface area contributed by atoms with Gasteiger partial charge in [-0.1, -0.05) is 36.2 Å². The maximum Gasteiger partial charge on any atom is 0.232 e. The average molecular weight is 286 g/mol. The van der Waals surface area contributed by atoms with Crippen molar-refractivity contribution in [3.8, 4) is 5.75 Å². The fourth-order valence-electron chi connectivity index (χ4n) is 3.25. The Hall–Kier alpha value is -1.88. The zero-order chi connectivity index (χ0) is 14.2. The molecule has 1 aromatic carbocycles. The smallest absolute Gasteiger partial charge is 0.232 e. The maximum absolute atomic E-state index is 10.1. The van der Waals surface area contributed by atoms with E-state index >= 15 is 0 Å². The average Bonchev–Trinajstić information content (AvgIpc) is 3.14. The lowest BCUT2D eigenvalue weighted by atomic mass is 9.86. The summed E-state index contributed by atoms with van der Waals surface area (Å²) in [5.74, 6) is 2.01. The van der Waals surface area contributed by atoms with E-state index in [1.807, 2.05) is 18.2 Å². The first-order valence-corrected chi connectivity index (χ1v) is 7.57. The topological polar surface area (TPSA) is 68.4 Å². The Morgan fingerprint density at radius 1 is 1.14 bits per heavy atom. The molecule has 1 aliphatic carbocycles. The van der Waals surface area contributed by atoms with Crippen molar-refractivity contribution in [1.82, 2.24) is 10.1 Å². The predicted octanol–water partition coefficient (Wildman–Crippen LogP) is 2.76. The van der Waals surface area contributed by atoms with Crippen LogP contribution in [0.4, 0.5) is 0 Å². The number of ether oxygens (including phenoxy) is 1. The van der Waals surface area contributed by atoms with Gasteiger partial charge in [0, 0.05) is 6.42 Å². The molecule has 5 nitrogen and oxygen atoms in total. The minimum Gasteiger partial charge on any atom is -0.482 e. The number of fused-ring (bicyclic) bond motifs is 1. The van der Waals surface area contributed by atoms with Crippen molar-refractivity contribution in [3.05, 3.63) is 41.5 Å². The number of aliphatic hydroxyl groups is 1. The zero-order valence-electron chi connectivity index (χ0n) is 11.7. The van der Waals surface area contributed by atoms with Crippen LogP contribution in [-0.4, -0.2) is 21.4 Å². The molecule has 4 rings (SSSR count). The van der Waals surface area contributed by atoms with Gasteiger partial charge in [-0.3, -0.25) is 0 Å². The Bertz CT molecular complexity index is 615. The molecule has 0 saturated heterocycles. The van der Waals surface area contributed by atoms with Gasteiger partial charge in [0.05, 0.1) is 12.0 Å². The standard InChI is InChI=1S/C16H18N2O3/c19-12-7-3-2-6-11(12)16-17-15(18-21-16)14-9-10-5-1-4-8-13(10)20-14/h1,4-5,8,11-12,14,19H,2-3,6-7,9H2. The normalized spacial score (nSPS) is 28.1. The summed E-state index contributed by atoms with van der Waals surface area (Å²) in [5, 5.41) is 14.1. The third kappa shape index (κ3) is 2.31. The molecule has 1 N–H and O–H groups in total. The maximum atomic E-state index is 10.1. The van der Waals surface area contributed by atoms with Gasteiger partial charge in [-0.2, -0.15) is 4.98 Å². The molecule has 2 aromatic rings. The van der Waals surface area contributed by atoms with E-state index in [2.05, 4.69) is 16.2 Å². The van der Waals surface area contributed by atoms with Crippen LogP contribution in [0.5, 0.6) is 5.75 Å². The number of hydrogen-bond donors (Lipinski definition) is 1. The van der Waals surface area contributed by atoms with Gasteiger partial charge in [0.15, 0.2) is 6.10 Å². The Labute approximate surface area is 122 Å². The highest BCUT2D eigenvalue weighted by Gasteiger charge is 2.33. The van der Waals surface area contributed by atoms with Crippen LogP contribution in [0.25, 0.3) is 0 Å². The lowest BCUT2D eigenvalue weighted by molar-refractivity contribution is 0.0908. The molecule has 1 fully saturated rings. The summed E-state index contributed by atoms with van der Waals surface area (Å²) in [6, 6.07) is 7.98. The predicted molar refractivity (Wildman–Crippen MR) is 75.0 cm³/mol. The first kappa shape index (κ1) is 12.8. The minimum absolute atomic E-state index is 0.0243. The van der Waals surface area contributed by atoms with E-state index in [0.29, 0.717) is 11.7 Å². The quantitative estimate of drug-likeness (QED) is 0.919. The molecule has 5 heteroatoms. The molecular formula is C16H18N2O3. The molecule has 110 valence electrons. The number of aliphatic hydroxyl groups excluding tert-OH is 1. The van der Waals surface area contributed by atoms with Gasteiger partial charge >= 0.3 is 0 Å². The second-order valence-corrected chi connectivity index (χ2v) is 5.87. The monoisotopic (exact) mass is 286 g/mol. The molecule has 1 aliphatic heterocycles. The Morgan fingerprint density at radius 3 is 2.86 bits per heavy atom. The highest BCUT2D eigenvalue weighted by Crippen LogP contribution is 2.37. The lowest BCUT2D eigenvalue weighted by Crippen LogP contribution is -2.22. The first-order valence-electron chi connectivity index (χ1n) is 7.57. The lowest BCUT2D eigenvalue weighted by Gasteiger charge is -2.24. The van der Waals surface area contributed by atoms with E-state index in [4.69, 9.17) is 9.26 Å². The van der Waals surface area contributed by atoms with Crippen molar-refractivity contribution in [2.45, 2.75) is 50.2 Å². The second-order valence-electron chi connectivity index (χ2n) is 5.87. The van der Waals surface area contributed by atoms with E-state index in [1.54, 1.807) is 0 Å². The molecule has 2 aliphatic rings. The van der Waals surface area contributed by atoms with Gasteiger partial charge in [0.1, 0.15) is 5.75 Å². The van der Waals surface area contributed by atoms with Crippen LogP contribution in [0.2, 0.25) is 0 Å². The molecule has 0 bridgehead atoms. The van der Waals surface area contributed by atoms with Crippen LogP contribution in [0, 0.1) is 0 Å². The van der Waals surface area contributed by atoms with E-state index in [0.717, 1.165) is 37.9 Å². The molecule has 3 unspecified atom stereocenters. The third-order valence-corrected chi connectivity index (χ3v) is 4.44. The van der Waals surface area contributed by atoms with Crippen LogP contribution in [0.15, 0.2) is 28.8 Å². The summed E-state index contributed by atoms with van der Waals surface area (Å²) in [4.78, 5) is 4.49. The number of para-hydroxylation sites is 1. The van der Waals surface area contributed by atoms with Gasteiger partial charge in [-0.25, -0.2) is 0 Å². The van der Waals surface area contributed by atoms with Crippen molar-refractivity contribution in [2.75, 3.05) is 0 Å². The number of rotatable bonds is 2. The summed E-state index contributed by atoms with van der Waals surface area (Å²) in [6.45, 7) is 0. The molecule has 1 aromatic heterocycles. The summed E-state index contributed by atoms with van der Waals surface area (Å²) in [5.41, 5.74) is 1.17. The number of benzene rings is 1. The Balaban J connectivity index is 1.53. The van der Waals surface area contributed by atoms with Gasteiger partial charge in [0.25, 0.3) is 0 Å². The minimum atomic E-state index is -0.367. The van der Waals surface area contributed by atoms with Crippen LogP contribution < -0.4 is 4.74 Å². The molecule has 2 heterocycles. The number of aromatic nitrogens is 2. The van der Waals surface area contributed by atoms with Crippen LogP contribution in [-0.2, 0) is 6.42 Å². The largest absolute Gasteiger partial charge is 0.482 e. The summed E-state index contributed by atoms with van der Waals surface area (Å²) in [6.07, 6.45) is 4.12. The van der Waals surface area contributed by atoms with E-state index in [1.165, 1.54) is 5.56 Å². The summed E-state index contributed by atoms with van der Waals surface area (Å²) < 4.78 is 11.3.